The van der Waals surface area contributed by atoms with Crippen molar-refractivity contribution in [3.05, 3.63) is 11.6 Å². The van der Waals surface area contributed by atoms with Gasteiger partial charge in [0.05, 0.1) is 0 Å². The molecule has 5 nitrogen and oxygen atoms in total. The van der Waals surface area contributed by atoms with Crippen LogP contribution in [0.5, 0.6) is 0 Å². The fraction of sp³-hybridized carbons (Fsp3) is 0.727. The van der Waals surface area contributed by atoms with Crippen LogP contribution in [0.2, 0.25) is 0 Å². The molecule has 1 heterocycles. The molecule has 1 aliphatic rings. The molecule has 1 aromatic rings. The Balaban J connectivity index is 1.78. The van der Waals surface area contributed by atoms with Crippen molar-refractivity contribution in [2.24, 2.45) is 0 Å². The Kier molecular flexibility index (Phi) is 4.04. The highest BCUT2D eigenvalue weighted by Crippen LogP contribution is 2.37. The largest absolute Gasteiger partial charge is 0.349 e. The number of hydrogen-bond donors (Lipinski definition) is 2. The van der Waals surface area contributed by atoms with Crippen molar-refractivity contribution in [3.63, 3.8) is 0 Å². The minimum absolute atomic E-state index is 0.179. The zero-order valence-corrected chi connectivity index (χ0v) is 11.0. The van der Waals surface area contributed by atoms with E-state index >= 15 is 0 Å². The van der Waals surface area contributed by atoms with Crippen molar-refractivity contribution in [1.29, 1.82) is 0 Å². The number of nitrogens with one attached hydrogen (secondary N) is 2. The third-order valence-electron chi connectivity index (χ3n) is 2.91. The summed E-state index contributed by atoms with van der Waals surface area (Å²) in [5.74, 6) is 1.44. The van der Waals surface area contributed by atoms with E-state index in [-0.39, 0.29) is 11.7 Å². The lowest BCUT2D eigenvalue weighted by molar-refractivity contribution is 0.0943. The van der Waals surface area contributed by atoms with Gasteiger partial charge in [-0.15, -0.1) is 5.10 Å². The van der Waals surface area contributed by atoms with Gasteiger partial charge in [0, 0.05) is 17.7 Å². The third-order valence-corrected chi connectivity index (χ3v) is 3.95. The lowest BCUT2D eigenvalue weighted by atomic mass is 10.3. The molecule has 0 bridgehead atoms. The summed E-state index contributed by atoms with van der Waals surface area (Å²) in [5, 5.41) is 10.2. The molecule has 2 rings (SSSR count). The number of carbonyl (C=O) groups excluding carboxylic acids is 1. The quantitative estimate of drug-likeness (QED) is 0.808. The first-order valence-electron chi connectivity index (χ1n) is 5.94. The Labute approximate surface area is 105 Å². The summed E-state index contributed by atoms with van der Waals surface area (Å²) in [4.78, 5) is 15.9. The van der Waals surface area contributed by atoms with Crippen LogP contribution in [-0.2, 0) is 0 Å². The topological polar surface area (TPSA) is 70.7 Å². The van der Waals surface area contributed by atoms with E-state index < -0.39 is 0 Å². The van der Waals surface area contributed by atoms with Crippen LogP contribution in [0, 0.1) is 0 Å². The molecule has 1 amide bonds. The Morgan fingerprint density at radius 3 is 3.06 bits per heavy atom. The van der Waals surface area contributed by atoms with Gasteiger partial charge < -0.3 is 5.32 Å². The van der Waals surface area contributed by atoms with Crippen LogP contribution in [0.3, 0.4) is 0 Å². The number of carbonyl (C=O) groups is 1. The van der Waals surface area contributed by atoms with E-state index in [0.717, 1.165) is 25.1 Å². The normalized spacial score (nSPS) is 16.8. The lowest BCUT2D eigenvalue weighted by Gasteiger charge is -2.07. The van der Waals surface area contributed by atoms with Crippen molar-refractivity contribution in [2.75, 3.05) is 12.8 Å². The summed E-state index contributed by atoms with van der Waals surface area (Å²) < 4.78 is 0. The summed E-state index contributed by atoms with van der Waals surface area (Å²) in [6.45, 7) is 2.82. The summed E-state index contributed by atoms with van der Waals surface area (Å²) in [6, 6.07) is 0. The molecule has 1 aromatic heterocycles. The summed E-state index contributed by atoms with van der Waals surface area (Å²) in [5.41, 5.74) is 0. The van der Waals surface area contributed by atoms with Crippen molar-refractivity contribution in [1.82, 2.24) is 20.5 Å². The molecule has 94 valence electrons. The summed E-state index contributed by atoms with van der Waals surface area (Å²) in [7, 11) is 0. The second-order valence-electron chi connectivity index (χ2n) is 4.41. The Bertz CT molecular complexity index is 389. The van der Waals surface area contributed by atoms with E-state index in [1.165, 1.54) is 0 Å². The first kappa shape index (κ1) is 12.4. The monoisotopic (exact) mass is 254 g/mol. The summed E-state index contributed by atoms with van der Waals surface area (Å²) in [6.07, 6.45) is 5.35. The van der Waals surface area contributed by atoms with Gasteiger partial charge in [0.1, 0.15) is 5.82 Å². The minimum Gasteiger partial charge on any atom is -0.349 e. The van der Waals surface area contributed by atoms with E-state index in [9.17, 15) is 4.79 Å². The molecule has 1 aliphatic carbocycles. The van der Waals surface area contributed by atoms with E-state index in [0.29, 0.717) is 17.7 Å². The Hall–Kier alpha value is -1.04. The van der Waals surface area contributed by atoms with Crippen molar-refractivity contribution < 1.29 is 4.79 Å². The standard InChI is InChI=1S/C11H18N4OS/c1-7(17-2)5-6-12-11(16)10-13-9(14-15-10)8-3-4-8/h7-8H,3-6H2,1-2H3,(H,12,16)(H,13,14,15). The second-order valence-corrected chi connectivity index (χ2v) is 5.69. The number of aromatic amines is 1. The molecular formula is C11H18N4OS. The third kappa shape index (κ3) is 3.46. The highest BCUT2D eigenvalue weighted by atomic mass is 32.2. The van der Waals surface area contributed by atoms with Gasteiger partial charge in [-0.05, 0) is 25.5 Å². The maximum absolute atomic E-state index is 11.7. The summed E-state index contributed by atoms with van der Waals surface area (Å²) >= 11 is 1.80. The molecule has 1 unspecified atom stereocenters. The number of aromatic nitrogens is 3. The van der Waals surface area contributed by atoms with Crippen molar-refractivity contribution in [2.45, 2.75) is 37.4 Å². The van der Waals surface area contributed by atoms with Crippen LogP contribution < -0.4 is 5.32 Å². The average molecular weight is 254 g/mol. The van der Waals surface area contributed by atoms with Crippen LogP contribution >= 0.6 is 11.8 Å². The fourth-order valence-corrected chi connectivity index (χ4v) is 1.85. The van der Waals surface area contributed by atoms with Crippen LogP contribution in [0.25, 0.3) is 0 Å². The zero-order chi connectivity index (χ0) is 12.3. The number of rotatable bonds is 6. The van der Waals surface area contributed by atoms with Gasteiger partial charge >= 0.3 is 0 Å². The predicted molar refractivity (Wildman–Crippen MR) is 68.3 cm³/mol. The van der Waals surface area contributed by atoms with Gasteiger partial charge in [0.25, 0.3) is 5.91 Å². The van der Waals surface area contributed by atoms with Crippen LogP contribution in [0.4, 0.5) is 0 Å². The number of amides is 1. The van der Waals surface area contributed by atoms with Gasteiger partial charge in [-0.2, -0.15) is 11.8 Å². The first-order chi connectivity index (χ1) is 8.20. The number of thioether (sulfide) groups is 1. The molecular weight excluding hydrogens is 236 g/mol. The molecule has 1 fully saturated rings. The maximum Gasteiger partial charge on any atom is 0.290 e. The van der Waals surface area contributed by atoms with E-state index in [1.807, 2.05) is 0 Å². The number of hydrogen-bond acceptors (Lipinski definition) is 4. The molecule has 1 atom stereocenters. The fourth-order valence-electron chi connectivity index (χ4n) is 1.50. The second kappa shape index (κ2) is 5.53. The SMILES string of the molecule is CSC(C)CCNC(=O)c1n[nH]c(C2CC2)n1. The molecule has 0 spiro atoms. The van der Waals surface area contributed by atoms with Gasteiger partial charge in [-0.25, -0.2) is 4.98 Å². The molecule has 0 aliphatic heterocycles. The van der Waals surface area contributed by atoms with Crippen molar-refractivity contribution >= 4 is 17.7 Å². The van der Waals surface area contributed by atoms with E-state index in [1.54, 1.807) is 11.8 Å². The van der Waals surface area contributed by atoms with Gasteiger partial charge in [-0.1, -0.05) is 6.92 Å². The number of H-pyrrole nitrogens is 1. The van der Waals surface area contributed by atoms with Gasteiger partial charge in [-0.3, -0.25) is 9.89 Å². The van der Waals surface area contributed by atoms with Crippen LogP contribution in [-0.4, -0.2) is 39.1 Å². The lowest BCUT2D eigenvalue weighted by Crippen LogP contribution is -2.27. The van der Waals surface area contributed by atoms with Gasteiger partial charge in [0.15, 0.2) is 0 Å². The highest BCUT2D eigenvalue weighted by Gasteiger charge is 2.28. The van der Waals surface area contributed by atoms with Crippen LogP contribution in [0.15, 0.2) is 0 Å². The van der Waals surface area contributed by atoms with E-state index in [4.69, 9.17) is 0 Å². The number of nitrogens with zero attached hydrogens (tertiary/aromatic N) is 2. The minimum atomic E-state index is -0.179. The molecule has 1 saturated carbocycles. The van der Waals surface area contributed by atoms with Gasteiger partial charge in [0.2, 0.25) is 5.82 Å². The smallest absolute Gasteiger partial charge is 0.290 e. The Morgan fingerprint density at radius 1 is 1.65 bits per heavy atom. The molecule has 17 heavy (non-hydrogen) atoms. The molecule has 0 radical (unpaired) electrons. The zero-order valence-electron chi connectivity index (χ0n) is 10.2. The average Bonchev–Trinajstić information content (AvgIpc) is 3.06. The molecule has 0 saturated heterocycles. The van der Waals surface area contributed by atoms with Crippen molar-refractivity contribution in [3.8, 4) is 0 Å². The first-order valence-corrected chi connectivity index (χ1v) is 7.22. The molecule has 2 N–H and O–H groups in total. The predicted octanol–water partition coefficient (Wildman–Crippen LogP) is 1.55. The Morgan fingerprint density at radius 2 is 2.41 bits per heavy atom. The molecule has 0 aromatic carbocycles. The van der Waals surface area contributed by atoms with E-state index in [2.05, 4.69) is 33.7 Å². The molecule has 6 heteroatoms. The van der Waals surface area contributed by atoms with Crippen LogP contribution in [0.1, 0.15) is 48.5 Å². The highest BCUT2D eigenvalue weighted by molar-refractivity contribution is 7.99. The maximum atomic E-state index is 11.7.